The van der Waals surface area contributed by atoms with Crippen molar-refractivity contribution in [1.82, 2.24) is 10.9 Å². The number of hydrogen-bond acceptors (Lipinski definition) is 7. The van der Waals surface area contributed by atoms with Crippen LogP contribution in [-0.4, -0.2) is 31.5 Å². The maximum Gasteiger partial charge on any atom is 0.374 e. The summed E-state index contributed by atoms with van der Waals surface area (Å²) in [5.41, 5.74) is 4.71. The lowest BCUT2D eigenvalue weighted by atomic mass is 10.2. The molecule has 2 amide bonds. The van der Waals surface area contributed by atoms with Gasteiger partial charge in [0.2, 0.25) is 5.76 Å². The number of esters is 1. The Balaban J connectivity index is 1.40. The topological polar surface area (TPSA) is 116 Å². The number of para-hydroxylation sites is 1. The van der Waals surface area contributed by atoms with Gasteiger partial charge >= 0.3 is 5.97 Å². The van der Waals surface area contributed by atoms with Crippen molar-refractivity contribution in [3.8, 4) is 11.5 Å². The third kappa shape index (κ3) is 6.36. The molecule has 2 N–H and O–H groups in total. The van der Waals surface area contributed by atoms with E-state index in [9.17, 15) is 14.4 Å². The van der Waals surface area contributed by atoms with Gasteiger partial charge < -0.3 is 18.6 Å². The average Bonchev–Trinajstić information content (AvgIpc) is 3.29. The minimum atomic E-state index is -0.817. The molecule has 0 fully saturated rings. The Labute approximate surface area is 177 Å². The molecule has 0 aliphatic heterocycles. The van der Waals surface area contributed by atoms with E-state index in [1.54, 1.807) is 30.3 Å². The third-order valence-corrected chi connectivity index (χ3v) is 3.99. The Kier molecular flexibility index (Phi) is 7.26. The van der Waals surface area contributed by atoms with Gasteiger partial charge in [0.15, 0.2) is 6.61 Å². The number of hydrogen-bond donors (Lipinski definition) is 2. The van der Waals surface area contributed by atoms with E-state index in [0.29, 0.717) is 22.8 Å². The molecular weight excluding hydrogens is 404 g/mol. The van der Waals surface area contributed by atoms with E-state index in [-0.39, 0.29) is 12.4 Å². The Morgan fingerprint density at radius 1 is 0.871 bits per heavy atom. The molecule has 31 heavy (non-hydrogen) atoms. The predicted octanol–water partition coefficient (Wildman–Crippen LogP) is 2.49. The summed E-state index contributed by atoms with van der Waals surface area (Å²) in [6, 6.07) is 18.4. The van der Waals surface area contributed by atoms with Gasteiger partial charge in [0.25, 0.3) is 11.8 Å². The van der Waals surface area contributed by atoms with Gasteiger partial charge in [0.1, 0.15) is 23.9 Å². The largest absolute Gasteiger partial charge is 0.497 e. The molecule has 2 aromatic carbocycles. The molecule has 0 saturated heterocycles. The third-order valence-electron chi connectivity index (χ3n) is 3.99. The van der Waals surface area contributed by atoms with Gasteiger partial charge in [-0.2, -0.15) is 0 Å². The van der Waals surface area contributed by atoms with Crippen molar-refractivity contribution < 1.29 is 33.0 Å². The fourth-order valence-corrected chi connectivity index (χ4v) is 2.42. The standard InChI is InChI=1S/C22H20N2O7/c1-28-16-9-7-15(8-10-16)21(26)24-23-20(25)14-30-22(27)19-12-11-18(31-19)13-29-17-5-3-2-4-6-17/h2-12H,13-14H2,1H3,(H,23,25)(H,24,26). The van der Waals surface area contributed by atoms with Gasteiger partial charge in [0.05, 0.1) is 7.11 Å². The second kappa shape index (κ2) is 10.5. The van der Waals surface area contributed by atoms with Crippen LogP contribution >= 0.6 is 0 Å². The van der Waals surface area contributed by atoms with Crippen molar-refractivity contribution in [2.24, 2.45) is 0 Å². The molecule has 0 aliphatic rings. The van der Waals surface area contributed by atoms with Crippen molar-refractivity contribution in [2.75, 3.05) is 13.7 Å². The van der Waals surface area contributed by atoms with Crippen LogP contribution in [-0.2, 0) is 16.1 Å². The van der Waals surface area contributed by atoms with Crippen LogP contribution in [0.25, 0.3) is 0 Å². The lowest BCUT2D eigenvalue weighted by molar-refractivity contribution is -0.125. The number of benzene rings is 2. The number of rotatable bonds is 8. The number of carbonyl (C=O) groups excluding carboxylic acids is 3. The zero-order chi connectivity index (χ0) is 22.1. The van der Waals surface area contributed by atoms with Gasteiger partial charge in [-0.25, -0.2) is 4.79 Å². The van der Waals surface area contributed by atoms with Crippen LogP contribution in [0.5, 0.6) is 11.5 Å². The average molecular weight is 424 g/mol. The smallest absolute Gasteiger partial charge is 0.374 e. The van der Waals surface area contributed by atoms with Gasteiger partial charge in [-0.1, -0.05) is 18.2 Å². The molecule has 0 spiro atoms. The zero-order valence-electron chi connectivity index (χ0n) is 16.6. The minimum Gasteiger partial charge on any atom is -0.497 e. The van der Waals surface area contributed by atoms with E-state index in [4.69, 9.17) is 18.6 Å². The molecule has 0 aliphatic carbocycles. The number of amides is 2. The van der Waals surface area contributed by atoms with Gasteiger partial charge in [-0.05, 0) is 48.5 Å². The monoisotopic (exact) mass is 424 g/mol. The predicted molar refractivity (Wildman–Crippen MR) is 108 cm³/mol. The lowest BCUT2D eigenvalue weighted by Gasteiger charge is -2.08. The highest BCUT2D eigenvalue weighted by atomic mass is 16.6. The van der Waals surface area contributed by atoms with Gasteiger partial charge in [-0.3, -0.25) is 20.4 Å². The Bertz CT molecular complexity index is 1030. The van der Waals surface area contributed by atoms with E-state index >= 15 is 0 Å². The summed E-state index contributed by atoms with van der Waals surface area (Å²) < 4.78 is 20.8. The molecule has 0 unspecified atom stereocenters. The van der Waals surface area contributed by atoms with E-state index in [1.165, 1.54) is 25.3 Å². The summed E-state index contributed by atoms with van der Waals surface area (Å²) in [6.07, 6.45) is 0. The van der Waals surface area contributed by atoms with Crippen molar-refractivity contribution in [2.45, 2.75) is 6.61 Å². The fourth-order valence-electron chi connectivity index (χ4n) is 2.42. The SMILES string of the molecule is COc1ccc(C(=O)NNC(=O)COC(=O)c2ccc(COc3ccccc3)o2)cc1. The molecule has 160 valence electrons. The summed E-state index contributed by atoms with van der Waals surface area (Å²) in [6.45, 7) is -0.465. The maximum absolute atomic E-state index is 12.0. The van der Waals surface area contributed by atoms with Crippen molar-refractivity contribution in [3.63, 3.8) is 0 Å². The highest BCUT2D eigenvalue weighted by Gasteiger charge is 2.15. The summed E-state index contributed by atoms with van der Waals surface area (Å²) >= 11 is 0. The van der Waals surface area contributed by atoms with Crippen LogP contribution in [0.2, 0.25) is 0 Å². The van der Waals surface area contributed by atoms with E-state index < -0.39 is 24.4 Å². The number of ether oxygens (including phenoxy) is 3. The maximum atomic E-state index is 12.0. The van der Waals surface area contributed by atoms with E-state index in [1.807, 2.05) is 18.2 Å². The molecule has 0 saturated carbocycles. The highest BCUT2D eigenvalue weighted by molar-refractivity contribution is 5.96. The molecular formula is C22H20N2O7. The van der Waals surface area contributed by atoms with Crippen LogP contribution in [0.1, 0.15) is 26.7 Å². The molecule has 3 aromatic rings. The van der Waals surface area contributed by atoms with Crippen molar-refractivity contribution in [3.05, 3.63) is 83.8 Å². The first kappa shape index (κ1) is 21.4. The molecule has 0 radical (unpaired) electrons. The van der Waals surface area contributed by atoms with Crippen molar-refractivity contribution >= 4 is 17.8 Å². The number of methoxy groups -OCH3 is 1. The van der Waals surface area contributed by atoms with E-state index in [2.05, 4.69) is 10.9 Å². The number of hydrazine groups is 1. The summed E-state index contributed by atoms with van der Waals surface area (Å²) in [5.74, 6) is -0.446. The second-order valence-corrected chi connectivity index (χ2v) is 6.17. The second-order valence-electron chi connectivity index (χ2n) is 6.17. The molecule has 0 atom stereocenters. The molecule has 9 nitrogen and oxygen atoms in total. The van der Waals surface area contributed by atoms with E-state index in [0.717, 1.165) is 0 Å². The number of nitrogens with one attached hydrogen (secondary N) is 2. The highest BCUT2D eigenvalue weighted by Crippen LogP contribution is 2.14. The van der Waals surface area contributed by atoms with Gasteiger partial charge in [0, 0.05) is 5.56 Å². The minimum absolute atomic E-state index is 0.0678. The first-order valence-electron chi connectivity index (χ1n) is 9.22. The number of furan rings is 1. The summed E-state index contributed by atoms with van der Waals surface area (Å²) in [7, 11) is 1.51. The van der Waals surface area contributed by atoms with Gasteiger partial charge in [-0.15, -0.1) is 0 Å². The summed E-state index contributed by atoms with van der Waals surface area (Å²) in [4.78, 5) is 35.8. The Morgan fingerprint density at radius 2 is 1.61 bits per heavy atom. The van der Waals surface area contributed by atoms with Crippen LogP contribution < -0.4 is 20.3 Å². The first-order valence-corrected chi connectivity index (χ1v) is 9.22. The summed E-state index contributed by atoms with van der Waals surface area (Å²) in [5, 5.41) is 0. The first-order chi connectivity index (χ1) is 15.0. The molecule has 0 bridgehead atoms. The Morgan fingerprint density at radius 3 is 2.32 bits per heavy atom. The van der Waals surface area contributed by atoms with Crippen LogP contribution in [0.3, 0.4) is 0 Å². The molecule has 1 aromatic heterocycles. The van der Waals surface area contributed by atoms with Crippen LogP contribution in [0, 0.1) is 0 Å². The van der Waals surface area contributed by atoms with Crippen LogP contribution in [0.15, 0.2) is 71.1 Å². The molecule has 9 heteroatoms. The molecule has 3 rings (SSSR count). The van der Waals surface area contributed by atoms with Crippen molar-refractivity contribution in [1.29, 1.82) is 0 Å². The normalized spacial score (nSPS) is 10.1. The Hall–Kier alpha value is -4.27. The molecule has 1 heterocycles. The fraction of sp³-hybridized carbons (Fsp3) is 0.136. The lowest BCUT2D eigenvalue weighted by Crippen LogP contribution is -2.43. The van der Waals surface area contributed by atoms with Crippen LogP contribution in [0.4, 0.5) is 0 Å². The zero-order valence-corrected chi connectivity index (χ0v) is 16.6. The quantitative estimate of drug-likeness (QED) is 0.422. The number of carbonyl (C=O) groups is 3.